The van der Waals surface area contributed by atoms with Gasteiger partial charge in [-0.2, -0.15) is 4.68 Å². The maximum atomic E-state index is 11.8. The summed E-state index contributed by atoms with van der Waals surface area (Å²) in [6.07, 6.45) is 2.39. The predicted octanol–water partition coefficient (Wildman–Crippen LogP) is 1.76. The fourth-order valence-electron chi connectivity index (χ4n) is 2.33. The lowest BCUT2D eigenvalue weighted by atomic mass is 10.3. The van der Waals surface area contributed by atoms with E-state index >= 15 is 0 Å². The van der Waals surface area contributed by atoms with E-state index in [1.54, 1.807) is 0 Å². The molecule has 0 aliphatic carbocycles. The average molecular weight is 328 g/mol. The molecule has 0 spiro atoms. The molecule has 2 aromatic heterocycles. The first-order valence-corrected chi connectivity index (χ1v) is 7.50. The number of H-pyrrole nitrogens is 1. The molecule has 1 amide bonds. The molecule has 3 rings (SSSR count). The van der Waals surface area contributed by atoms with E-state index in [9.17, 15) is 14.9 Å². The highest BCUT2D eigenvalue weighted by Crippen LogP contribution is 2.10. The standard InChI is InChI=1S/C15H16N6O3/c22-15(6-3-8-20-9-7-14(19-20)21(23)24)16-10-13-17-11-4-1-2-5-12(11)18-13/h1-2,4-5,7,9H,3,6,8,10H2,(H,16,22)(H,17,18). The monoisotopic (exact) mass is 328 g/mol. The highest BCUT2D eigenvalue weighted by molar-refractivity contribution is 5.76. The minimum Gasteiger partial charge on any atom is -0.358 e. The number of imidazole rings is 1. The number of hydrogen-bond donors (Lipinski definition) is 2. The minimum atomic E-state index is -0.545. The molecule has 0 aliphatic rings. The van der Waals surface area contributed by atoms with Crippen LogP contribution in [0.4, 0.5) is 5.82 Å². The van der Waals surface area contributed by atoms with E-state index in [-0.39, 0.29) is 11.7 Å². The Balaban J connectivity index is 1.43. The minimum absolute atomic E-state index is 0.0999. The number of carbonyl (C=O) groups excluding carboxylic acids is 1. The van der Waals surface area contributed by atoms with Crippen molar-refractivity contribution in [1.29, 1.82) is 0 Å². The van der Waals surface area contributed by atoms with E-state index in [1.165, 1.54) is 16.9 Å². The molecule has 2 N–H and O–H groups in total. The van der Waals surface area contributed by atoms with Crippen LogP contribution < -0.4 is 5.32 Å². The van der Waals surface area contributed by atoms with Gasteiger partial charge in [0, 0.05) is 6.42 Å². The third kappa shape index (κ3) is 3.75. The van der Waals surface area contributed by atoms with Crippen LogP contribution in [0, 0.1) is 10.1 Å². The Labute approximate surface area is 136 Å². The van der Waals surface area contributed by atoms with Gasteiger partial charge in [-0.05, 0) is 23.5 Å². The summed E-state index contributed by atoms with van der Waals surface area (Å²) in [5.41, 5.74) is 1.80. The first-order valence-electron chi connectivity index (χ1n) is 7.50. The van der Waals surface area contributed by atoms with Gasteiger partial charge in [0.2, 0.25) is 5.91 Å². The Morgan fingerprint density at radius 1 is 1.33 bits per heavy atom. The van der Waals surface area contributed by atoms with Crippen molar-refractivity contribution in [2.45, 2.75) is 25.9 Å². The first kappa shape index (κ1) is 15.7. The Morgan fingerprint density at radius 3 is 2.92 bits per heavy atom. The summed E-state index contributed by atoms with van der Waals surface area (Å²) in [6, 6.07) is 8.99. The van der Waals surface area contributed by atoms with Crippen LogP contribution in [0.25, 0.3) is 11.0 Å². The summed E-state index contributed by atoms with van der Waals surface area (Å²) >= 11 is 0. The molecule has 0 fully saturated rings. The maximum absolute atomic E-state index is 11.8. The molecule has 2 heterocycles. The zero-order valence-electron chi connectivity index (χ0n) is 12.8. The number of fused-ring (bicyclic) bond motifs is 1. The van der Waals surface area contributed by atoms with Crippen LogP contribution in [0.15, 0.2) is 36.5 Å². The third-order valence-electron chi connectivity index (χ3n) is 3.50. The van der Waals surface area contributed by atoms with E-state index in [2.05, 4.69) is 20.4 Å². The van der Waals surface area contributed by atoms with Crippen molar-refractivity contribution in [3.05, 3.63) is 52.5 Å². The van der Waals surface area contributed by atoms with E-state index in [0.717, 1.165) is 11.0 Å². The van der Waals surface area contributed by atoms with Gasteiger partial charge in [0.15, 0.2) is 0 Å². The van der Waals surface area contributed by atoms with Gasteiger partial charge >= 0.3 is 5.82 Å². The van der Waals surface area contributed by atoms with Crippen LogP contribution in [0.5, 0.6) is 0 Å². The van der Waals surface area contributed by atoms with Gasteiger partial charge in [0.05, 0.1) is 41.5 Å². The molecule has 24 heavy (non-hydrogen) atoms. The van der Waals surface area contributed by atoms with Crippen LogP contribution in [-0.4, -0.2) is 30.6 Å². The molecule has 0 unspecified atom stereocenters. The largest absolute Gasteiger partial charge is 0.389 e. The van der Waals surface area contributed by atoms with Crippen molar-refractivity contribution >= 4 is 22.8 Å². The molecule has 0 saturated heterocycles. The lowest BCUT2D eigenvalue weighted by molar-refractivity contribution is -0.389. The Hall–Kier alpha value is -3.23. The second kappa shape index (κ2) is 6.90. The Kier molecular flexibility index (Phi) is 4.50. The molecule has 0 aliphatic heterocycles. The molecule has 3 aromatic rings. The lowest BCUT2D eigenvalue weighted by Gasteiger charge is -2.02. The number of hydrogen-bond acceptors (Lipinski definition) is 5. The normalized spacial score (nSPS) is 10.8. The number of carbonyl (C=O) groups is 1. The molecular formula is C15H16N6O3. The van der Waals surface area contributed by atoms with Gasteiger partial charge in [-0.25, -0.2) is 4.98 Å². The number of benzene rings is 1. The number of rotatable bonds is 7. The molecule has 0 bridgehead atoms. The van der Waals surface area contributed by atoms with E-state index in [4.69, 9.17) is 0 Å². The van der Waals surface area contributed by atoms with Gasteiger partial charge in [0.1, 0.15) is 5.82 Å². The number of aromatic nitrogens is 4. The first-order chi connectivity index (χ1) is 11.6. The third-order valence-corrected chi connectivity index (χ3v) is 3.50. The molecule has 124 valence electrons. The van der Waals surface area contributed by atoms with Gasteiger partial charge in [-0.3, -0.25) is 4.79 Å². The summed E-state index contributed by atoms with van der Waals surface area (Å²) in [5, 5.41) is 17.1. The van der Waals surface area contributed by atoms with Crippen molar-refractivity contribution in [2.24, 2.45) is 0 Å². The zero-order chi connectivity index (χ0) is 16.9. The fourth-order valence-corrected chi connectivity index (χ4v) is 2.33. The SMILES string of the molecule is O=C(CCCn1ccc([N+](=O)[O-])n1)NCc1nc2ccccc2[nH]1. The summed E-state index contributed by atoms with van der Waals surface area (Å²) in [6.45, 7) is 0.784. The number of nitrogens with zero attached hydrogens (tertiary/aromatic N) is 4. The van der Waals surface area contributed by atoms with Crippen molar-refractivity contribution in [2.75, 3.05) is 0 Å². The number of para-hydroxylation sites is 2. The highest BCUT2D eigenvalue weighted by atomic mass is 16.6. The smallest absolute Gasteiger partial charge is 0.358 e. The topological polar surface area (TPSA) is 119 Å². The second-order valence-electron chi connectivity index (χ2n) is 5.28. The fraction of sp³-hybridized carbons (Fsp3) is 0.267. The number of amides is 1. The maximum Gasteiger partial charge on any atom is 0.389 e. The molecule has 0 atom stereocenters. The zero-order valence-corrected chi connectivity index (χ0v) is 12.8. The highest BCUT2D eigenvalue weighted by Gasteiger charge is 2.11. The van der Waals surface area contributed by atoms with Gasteiger partial charge < -0.3 is 20.4 Å². The molecule has 0 saturated carbocycles. The van der Waals surface area contributed by atoms with Gasteiger partial charge in [0.25, 0.3) is 0 Å². The second-order valence-corrected chi connectivity index (χ2v) is 5.28. The van der Waals surface area contributed by atoms with Crippen LogP contribution in [0.1, 0.15) is 18.7 Å². The summed E-state index contributed by atoms with van der Waals surface area (Å²) < 4.78 is 1.46. The van der Waals surface area contributed by atoms with Crippen molar-refractivity contribution < 1.29 is 9.72 Å². The quantitative estimate of drug-likeness (QED) is 0.506. The van der Waals surface area contributed by atoms with Crippen LogP contribution in [0.3, 0.4) is 0 Å². The van der Waals surface area contributed by atoms with Crippen molar-refractivity contribution in [3.8, 4) is 0 Å². The number of nitro groups is 1. The van der Waals surface area contributed by atoms with Crippen LogP contribution >= 0.6 is 0 Å². The predicted molar refractivity (Wildman–Crippen MR) is 86.1 cm³/mol. The lowest BCUT2D eigenvalue weighted by Crippen LogP contribution is -2.23. The van der Waals surface area contributed by atoms with Gasteiger partial charge in [-0.1, -0.05) is 12.1 Å². The Bertz CT molecular complexity index is 836. The van der Waals surface area contributed by atoms with Crippen LogP contribution in [-0.2, 0) is 17.9 Å². The van der Waals surface area contributed by atoms with E-state index < -0.39 is 4.92 Å². The summed E-state index contributed by atoms with van der Waals surface area (Å²) in [7, 11) is 0. The molecular weight excluding hydrogens is 312 g/mol. The van der Waals surface area contributed by atoms with Crippen molar-refractivity contribution in [1.82, 2.24) is 25.1 Å². The average Bonchev–Trinajstić information content (AvgIpc) is 3.19. The van der Waals surface area contributed by atoms with Crippen molar-refractivity contribution in [3.63, 3.8) is 0 Å². The van der Waals surface area contributed by atoms with E-state index in [1.807, 2.05) is 24.3 Å². The number of nitrogens with one attached hydrogen (secondary N) is 2. The van der Waals surface area contributed by atoms with Gasteiger partial charge in [-0.15, -0.1) is 0 Å². The Morgan fingerprint density at radius 2 is 2.17 bits per heavy atom. The summed E-state index contributed by atoms with van der Waals surface area (Å²) in [5.74, 6) is 0.411. The molecule has 9 heteroatoms. The van der Waals surface area contributed by atoms with E-state index in [0.29, 0.717) is 31.8 Å². The number of aryl methyl sites for hydroxylation is 1. The molecule has 1 aromatic carbocycles. The molecule has 0 radical (unpaired) electrons. The summed E-state index contributed by atoms with van der Waals surface area (Å²) in [4.78, 5) is 29.4. The van der Waals surface area contributed by atoms with Crippen LogP contribution in [0.2, 0.25) is 0 Å². The number of aromatic amines is 1. The molecule has 9 nitrogen and oxygen atoms in total.